The fraction of sp³-hybridized carbons (Fsp3) is 0.833. The lowest BCUT2D eigenvalue weighted by Gasteiger charge is -2.16. The molecule has 0 amide bonds. The molecule has 0 radical (unpaired) electrons. The Bertz CT molecular complexity index is 170. The third-order valence-electron chi connectivity index (χ3n) is 2.65. The molecule has 0 aliphatic carbocycles. The van der Waals surface area contributed by atoms with Gasteiger partial charge in [0.25, 0.3) is 0 Å². The van der Waals surface area contributed by atoms with E-state index in [0.29, 0.717) is 0 Å². The van der Waals surface area contributed by atoms with Crippen LogP contribution in [0, 0.1) is 0 Å². The van der Waals surface area contributed by atoms with Crippen LogP contribution in [-0.2, 0) is 0 Å². The number of nitrogens with one attached hydrogen (secondary N) is 1. The molecule has 0 aromatic heterocycles. The first kappa shape index (κ1) is 15.4. The van der Waals surface area contributed by atoms with E-state index in [4.69, 9.17) is 17.2 Å². The summed E-state index contributed by atoms with van der Waals surface area (Å²) >= 11 is 0. The Morgan fingerprint density at radius 1 is 1.00 bits per heavy atom. The van der Waals surface area contributed by atoms with Crippen LogP contribution in [0.3, 0.4) is 0 Å². The Balaban J connectivity index is 3.40. The minimum absolute atomic E-state index is 0.0565. The van der Waals surface area contributed by atoms with Crippen LogP contribution in [0.15, 0.2) is 12.3 Å². The molecule has 0 aliphatic rings. The van der Waals surface area contributed by atoms with Gasteiger partial charge in [0.15, 0.2) is 0 Å². The maximum absolute atomic E-state index is 5.98. The van der Waals surface area contributed by atoms with Gasteiger partial charge in [0, 0.05) is 18.3 Å². The minimum Gasteiger partial charge on any atom is -0.388 e. The molecule has 0 saturated heterocycles. The molecule has 0 bridgehead atoms. The summed E-state index contributed by atoms with van der Waals surface area (Å²) < 4.78 is 0. The second kappa shape index (κ2) is 10.9. The highest BCUT2D eigenvalue weighted by molar-refractivity contribution is 5.01. The molecule has 7 N–H and O–H groups in total. The average molecular weight is 228 g/mol. The van der Waals surface area contributed by atoms with Crippen molar-refractivity contribution in [3.8, 4) is 0 Å². The summed E-state index contributed by atoms with van der Waals surface area (Å²) in [6, 6.07) is 0.0565. The van der Waals surface area contributed by atoms with Crippen LogP contribution in [-0.4, -0.2) is 25.7 Å². The second-order valence-electron chi connectivity index (χ2n) is 4.19. The van der Waals surface area contributed by atoms with Crippen molar-refractivity contribution in [1.29, 1.82) is 0 Å². The Morgan fingerprint density at radius 3 is 2.25 bits per heavy atom. The van der Waals surface area contributed by atoms with Crippen molar-refractivity contribution in [1.82, 2.24) is 5.32 Å². The van der Waals surface area contributed by atoms with Crippen LogP contribution in [0.2, 0.25) is 0 Å². The SMILES string of the molecule is C=C(NCCCCCN)[C@@H](N)CCCCN. The predicted molar refractivity (Wildman–Crippen MR) is 70.9 cm³/mol. The van der Waals surface area contributed by atoms with Gasteiger partial charge in [0.1, 0.15) is 0 Å². The summed E-state index contributed by atoms with van der Waals surface area (Å²) in [5.41, 5.74) is 17.8. The first-order chi connectivity index (χ1) is 7.72. The third-order valence-corrected chi connectivity index (χ3v) is 2.65. The number of hydrogen-bond donors (Lipinski definition) is 4. The van der Waals surface area contributed by atoms with E-state index in [0.717, 1.165) is 57.4 Å². The van der Waals surface area contributed by atoms with Gasteiger partial charge in [-0.3, -0.25) is 0 Å². The molecule has 16 heavy (non-hydrogen) atoms. The molecule has 0 aliphatic heterocycles. The summed E-state index contributed by atoms with van der Waals surface area (Å²) in [6.45, 7) is 6.43. The van der Waals surface area contributed by atoms with Crippen molar-refractivity contribution in [3.05, 3.63) is 12.3 Å². The summed E-state index contributed by atoms with van der Waals surface area (Å²) in [4.78, 5) is 0. The maximum atomic E-state index is 5.98. The van der Waals surface area contributed by atoms with Crippen LogP contribution in [0.5, 0.6) is 0 Å². The lowest BCUT2D eigenvalue weighted by molar-refractivity contribution is 0.569. The highest BCUT2D eigenvalue weighted by atomic mass is 14.9. The maximum Gasteiger partial charge on any atom is 0.0438 e. The van der Waals surface area contributed by atoms with E-state index in [-0.39, 0.29) is 6.04 Å². The average Bonchev–Trinajstić information content (AvgIpc) is 2.28. The Kier molecular flexibility index (Phi) is 10.5. The van der Waals surface area contributed by atoms with Gasteiger partial charge in [0.2, 0.25) is 0 Å². The van der Waals surface area contributed by atoms with E-state index in [9.17, 15) is 0 Å². The second-order valence-corrected chi connectivity index (χ2v) is 4.19. The predicted octanol–water partition coefficient (Wildman–Crippen LogP) is 0.675. The quantitative estimate of drug-likeness (QED) is 0.391. The molecular formula is C12H28N4. The number of hydrogen-bond acceptors (Lipinski definition) is 4. The van der Waals surface area contributed by atoms with E-state index in [1.165, 1.54) is 6.42 Å². The molecule has 0 spiro atoms. The highest BCUT2D eigenvalue weighted by Crippen LogP contribution is 2.04. The van der Waals surface area contributed by atoms with E-state index in [1.54, 1.807) is 0 Å². The number of rotatable bonds is 11. The molecule has 0 saturated carbocycles. The fourth-order valence-corrected chi connectivity index (χ4v) is 1.51. The normalized spacial score (nSPS) is 12.4. The highest BCUT2D eigenvalue weighted by Gasteiger charge is 2.05. The van der Waals surface area contributed by atoms with Gasteiger partial charge in [0.05, 0.1) is 0 Å². The third kappa shape index (κ3) is 8.71. The topological polar surface area (TPSA) is 90.1 Å². The Morgan fingerprint density at radius 2 is 1.62 bits per heavy atom. The van der Waals surface area contributed by atoms with Crippen LogP contribution in [0.25, 0.3) is 0 Å². The van der Waals surface area contributed by atoms with Crippen LogP contribution in [0.1, 0.15) is 38.5 Å². The largest absolute Gasteiger partial charge is 0.388 e. The zero-order valence-corrected chi connectivity index (χ0v) is 10.4. The van der Waals surface area contributed by atoms with Gasteiger partial charge in [-0.2, -0.15) is 0 Å². The molecular weight excluding hydrogens is 200 g/mol. The van der Waals surface area contributed by atoms with Gasteiger partial charge < -0.3 is 22.5 Å². The lowest BCUT2D eigenvalue weighted by Crippen LogP contribution is -2.31. The van der Waals surface area contributed by atoms with Crippen molar-refractivity contribution in [2.45, 2.75) is 44.6 Å². The molecule has 0 fully saturated rings. The molecule has 4 heteroatoms. The standard InChI is InChI=1S/C12H28N4/c1-11(12(15)7-3-5-9-14)16-10-6-2-4-8-13/h12,16H,1-10,13-15H2/t12-/m0/s1. The molecule has 0 rings (SSSR count). The monoisotopic (exact) mass is 228 g/mol. The summed E-state index contributed by atoms with van der Waals surface area (Å²) in [6.07, 6.45) is 6.47. The molecule has 0 heterocycles. The van der Waals surface area contributed by atoms with Crippen molar-refractivity contribution < 1.29 is 0 Å². The molecule has 0 unspecified atom stereocenters. The molecule has 4 nitrogen and oxygen atoms in total. The van der Waals surface area contributed by atoms with Gasteiger partial charge >= 0.3 is 0 Å². The first-order valence-corrected chi connectivity index (χ1v) is 6.30. The van der Waals surface area contributed by atoms with Crippen LogP contribution in [0.4, 0.5) is 0 Å². The van der Waals surface area contributed by atoms with Crippen molar-refractivity contribution in [2.24, 2.45) is 17.2 Å². The van der Waals surface area contributed by atoms with Crippen molar-refractivity contribution in [2.75, 3.05) is 19.6 Å². The summed E-state index contributed by atoms with van der Waals surface area (Å²) in [5, 5.41) is 3.28. The van der Waals surface area contributed by atoms with E-state index in [1.807, 2.05) is 0 Å². The van der Waals surface area contributed by atoms with Gasteiger partial charge in [-0.15, -0.1) is 0 Å². The zero-order valence-electron chi connectivity index (χ0n) is 10.4. The molecule has 0 aromatic rings. The van der Waals surface area contributed by atoms with Gasteiger partial charge in [-0.05, 0) is 38.8 Å². The number of nitrogens with two attached hydrogens (primary N) is 3. The van der Waals surface area contributed by atoms with Crippen molar-refractivity contribution in [3.63, 3.8) is 0 Å². The van der Waals surface area contributed by atoms with Crippen LogP contribution < -0.4 is 22.5 Å². The number of unbranched alkanes of at least 4 members (excludes halogenated alkanes) is 3. The van der Waals surface area contributed by atoms with Crippen LogP contribution >= 0.6 is 0 Å². The van der Waals surface area contributed by atoms with E-state index < -0.39 is 0 Å². The van der Waals surface area contributed by atoms with Gasteiger partial charge in [-0.25, -0.2) is 0 Å². The minimum atomic E-state index is 0.0565. The lowest BCUT2D eigenvalue weighted by atomic mass is 10.1. The molecule has 0 aromatic carbocycles. The molecule has 1 atom stereocenters. The Labute approximate surface area is 99.6 Å². The summed E-state index contributed by atoms with van der Waals surface area (Å²) in [5.74, 6) is 0. The fourth-order valence-electron chi connectivity index (χ4n) is 1.51. The first-order valence-electron chi connectivity index (χ1n) is 6.30. The zero-order chi connectivity index (χ0) is 12.2. The van der Waals surface area contributed by atoms with Gasteiger partial charge in [-0.1, -0.05) is 19.4 Å². The Hall–Kier alpha value is -0.580. The van der Waals surface area contributed by atoms with E-state index in [2.05, 4.69) is 11.9 Å². The van der Waals surface area contributed by atoms with Crippen molar-refractivity contribution >= 4 is 0 Å². The smallest absolute Gasteiger partial charge is 0.0438 e. The van der Waals surface area contributed by atoms with E-state index >= 15 is 0 Å². The molecule has 96 valence electrons. The summed E-state index contributed by atoms with van der Waals surface area (Å²) in [7, 11) is 0.